The number of aromatic nitrogens is 1. The lowest BCUT2D eigenvalue weighted by molar-refractivity contribution is 0.0443. The van der Waals surface area contributed by atoms with Gasteiger partial charge in [0, 0.05) is 49.8 Å². The number of benzene rings is 1. The second kappa shape index (κ2) is 10.4. The van der Waals surface area contributed by atoms with E-state index >= 15 is 0 Å². The summed E-state index contributed by atoms with van der Waals surface area (Å²) in [6.07, 6.45) is 5.38. The van der Waals surface area contributed by atoms with E-state index in [-0.39, 0.29) is 28.8 Å². The van der Waals surface area contributed by atoms with Gasteiger partial charge in [-0.1, -0.05) is 18.2 Å². The number of piperidine rings is 1. The van der Waals surface area contributed by atoms with Crippen LogP contribution in [0.4, 0.5) is 4.39 Å². The third-order valence-electron chi connectivity index (χ3n) is 6.56. The fraction of sp³-hybridized carbons (Fsp3) is 0.520. The summed E-state index contributed by atoms with van der Waals surface area (Å²) in [6, 6.07) is 8.39. The molecule has 0 bridgehead atoms. The van der Waals surface area contributed by atoms with Crippen molar-refractivity contribution in [3.8, 4) is 0 Å². The molecule has 1 aromatic heterocycles. The SMILES string of the molecule is Cc1cc(=O)c(C(=O)N(CC2CCN(Cc3ccccc3F)CC2)C[C@@H]2CCCO2)c[nH]1. The van der Waals surface area contributed by atoms with Crippen LogP contribution in [0.5, 0.6) is 0 Å². The minimum Gasteiger partial charge on any atom is -0.376 e. The monoisotopic (exact) mass is 441 g/mol. The Morgan fingerprint density at radius 1 is 1.22 bits per heavy atom. The Balaban J connectivity index is 1.39. The van der Waals surface area contributed by atoms with Crippen molar-refractivity contribution in [3.05, 3.63) is 69.4 Å². The second-order valence-electron chi connectivity index (χ2n) is 9.05. The van der Waals surface area contributed by atoms with Gasteiger partial charge in [-0.2, -0.15) is 0 Å². The quantitative estimate of drug-likeness (QED) is 0.716. The van der Waals surface area contributed by atoms with Crippen LogP contribution >= 0.6 is 0 Å². The molecule has 172 valence electrons. The largest absolute Gasteiger partial charge is 0.376 e. The van der Waals surface area contributed by atoms with Gasteiger partial charge < -0.3 is 14.6 Å². The number of hydrogen-bond donors (Lipinski definition) is 1. The van der Waals surface area contributed by atoms with Crippen LogP contribution in [0.3, 0.4) is 0 Å². The van der Waals surface area contributed by atoms with Crippen LogP contribution in [-0.2, 0) is 11.3 Å². The minimum absolute atomic E-state index is 0.0321. The van der Waals surface area contributed by atoms with Crippen molar-refractivity contribution in [2.45, 2.75) is 45.3 Å². The number of aryl methyl sites for hydroxylation is 1. The Morgan fingerprint density at radius 2 is 2.00 bits per heavy atom. The zero-order valence-electron chi connectivity index (χ0n) is 18.7. The highest BCUT2D eigenvalue weighted by atomic mass is 19.1. The van der Waals surface area contributed by atoms with Gasteiger partial charge in [0.25, 0.3) is 5.91 Å². The lowest BCUT2D eigenvalue weighted by Crippen LogP contribution is -2.44. The Labute approximate surface area is 188 Å². The van der Waals surface area contributed by atoms with Gasteiger partial charge in [-0.3, -0.25) is 14.5 Å². The molecule has 0 aliphatic carbocycles. The third kappa shape index (κ3) is 5.64. The van der Waals surface area contributed by atoms with Crippen molar-refractivity contribution in [2.24, 2.45) is 5.92 Å². The first-order chi connectivity index (χ1) is 15.5. The molecule has 2 aliphatic rings. The molecule has 2 fully saturated rings. The van der Waals surface area contributed by atoms with Gasteiger partial charge >= 0.3 is 0 Å². The van der Waals surface area contributed by atoms with E-state index in [1.54, 1.807) is 13.0 Å². The zero-order valence-corrected chi connectivity index (χ0v) is 18.7. The van der Waals surface area contributed by atoms with Gasteiger partial charge in [0.2, 0.25) is 0 Å². The molecule has 1 amide bonds. The molecule has 2 saturated heterocycles. The first kappa shape index (κ1) is 22.7. The smallest absolute Gasteiger partial charge is 0.259 e. The molecule has 2 aromatic rings. The lowest BCUT2D eigenvalue weighted by Gasteiger charge is -2.35. The predicted octanol–water partition coefficient (Wildman–Crippen LogP) is 3.36. The van der Waals surface area contributed by atoms with Crippen LogP contribution in [0.15, 0.2) is 41.3 Å². The Hall–Kier alpha value is -2.51. The van der Waals surface area contributed by atoms with Crippen molar-refractivity contribution in [1.29, 1.82) is 0 Å². The molecule has 2 aliphatic heterocycles. The number of pyridine rings is 1. The first-order valence-corrected chi connectivity index (χ1v) is 11.6. The van der Waals surface area contributed by atoms with Crippen LogP contribution in [0.2, 0.25) is 0 Å². The summed E-state index contributed by atoms with van der Waals surface area (Å²) >= 11 is 0. The van der Waals surface area contributed by atoms with E-state index in [9.17, 15) is 14.0 Å². The molecule has 1 aromatic carbocycles. The van der Waals surface area contributed by atoms with E-state index in [1.165, 1.54) is 18.3 Å². The molecule has 0 unspecified atom stereocenters. The Kier molecular flexibility index (Phi) is 7.37. The molecule has 0 spiro atoms. The topological polar surface area (TPSA) is 65.6 Å². The Bertz CT molecular complexity index is 978. The highest BCUT2D eigenvalue weighted by Gasteiger charge is 2.29. The molecule has 4 rings (SSSR count). The van der Waals surface area contributed by atoms with E-state index in [4.69, 9.17) is 4.74 Å². The molecule has 1 N–H and O–H groups in total. The first-order valence-electron chi connectivity index (χ1n) is 11.6. The maximum atomic E-state index is 14.0. The molecule has 32 heavy (non-hydrogen) atoms. The number of carbonyl (C=O) groups is 1. The van der Waals surface area contributed by atoms with E-state index in [0.29, 0.717) is 25.6 Å². The number of amides is 1. The van der Waals surface area contributed by atoms with Gasteiger partial charge in [0.1, 0.15) is 11.4 Å². The van der Waals surface area contributed by atoms with Crippen LogP contribution in [0.25, 0.3) is 0 Å². The summed E-state index contributed by atoms with van der Waals surface area (Å²) in [5.41, 5.74) is 1.40. The normalized spacial score (nSPS) is 19.9. The van der Waals surface area contributed by atoms with Crippen LogP contribution < -0.4 is 5.43 Å². The highest BCUT2D eigenvalue weighted by molar-refractivity contribution is 5.93. The fourth-order valence-corrected chi connectivity index (χ4v) is 4.69. The maximum absolute atomic E-state index is 14.0. The van der Waals surface area contributed by atoms with Crippen molar-refractivity contribution >= 4 is 5.91 Å². The van der Waals surface area contributed by atoms with Gasteiger partial charge in [0.05, 0.1) is 6.10 Å². The van der Waals surface area contributed by atoms with Gasteiger partial charge in [0.15, 0.2) is 5.43 Å². The van der Waals surface area contributed by atoms with E-state index in [1.807, 2.05) is 17.0 Å². The summed E-state index contributed by atoms with van der Waals surface area (Å²) in [4.78, 5) is 32.8. The molecule has 7 heteroatoms. The van der Waals surface area contributed by atoms with Crippen molar-refractivity contribution in [2.75, 3.05) is 32.8 Å². The third-order valence-corrected chi connectivity index (χ3v) is 6.56. The summed E-state index contributed by atoms with van der Waals surface area (Å²) < 4.78 is 19.8. The fourth-order valence-electron chi connectivity index (χ4n) is 4.69. The van der Waals surface area contributed by atoms with E-state index in [0.717, 1.165) is 56.6 Å². The number of H-pyrrole nitrogens is 1. The number of likely N-dealkylation sites (tertiary alicyclic amines) is 1. The second-order valence-corrected chi connectivity index (χ2v) is 9.05. The van der Waals surface area contributed by atoms with E-state index < -0.39 is 0 Å². The average Bonchev–Trinajstić information content (AvgIpc) is 3.29. The van der Waals surface area contributed by atoms with Crippen molar-refractivity contribution < 1.29 is 13.9 Å². The molecule has 1 atom stereocenters. The number of halogens is 1. The van der Waals surface area contributed by atoms with Gasteiger partial charge in [-0.15, -0.1) is 0 Å². The molecular weight excluding hydrogens is 409 g/mol. The number of hydrogen-bond acceptors (Lipinski definition) is 4. The highest BCUT2D eigenvalue weighted by Crippen LogP contribution is 2.23. The van der Waals surface area contributed by atoms with Gasteiger partial charge in [-0.05, 0) is 57.7 Å². The maximum Gasteiger partial charge on any atom is 0.259 e. The van der Waals surface area contributed by atoms with Crippen molar-refractivity contribution in [1.82, 2.24) is 14.8 Å². The predicted molar refractivity (Wildman–Crippen MR) is 121 cm³/mol. The van der Waals surface area contributed by atoms with Crippen LogP contribution in [-0.4, -0.2) is 59.6 Å². The summed E-state index contributed by atoms with van der Waals surface area (Å²) in [6.45, 7) is 6.00. The molecule has 0 radical (unpaired) electrons. The Morgan fingerprint density at radius 3 is 2.69 bits per heavy atom. The summed E-state index contributed by atoms with van der Waals surface area (Å²) in [5, 5.41) is 0. The molecule has 3 heterocycles. The molecule has 0 saturated carbocycles. The molecular formula is C25H32FN3O3. The standard InChI is InChI=1S/C25H32FN3O3/c1-18-13-24(30)22(14-27-18)25(31)29(17-21-6-4-12-32-21)15-19-8-10-28(11-9-19)16-20-5-2-3-7-23(20)26/h2-3,5,7,13-14,19,21H,4,6,8-12,15-17H2,1H3,(H,27,30)/t21-/m0/s1. The van der Waals surface area contributed by atoms with Crippen LogP contribution in [0.1, 0.15) is 47.3 Å². The minimum atomic E-state index is -0.247. The number of ether oxygens (including phenoxy) is 1. The van der Waals surface area contributed by atoms with Crippen LogP contribution in [0, 0.1) is 18.7 Å². The molecule has 6 nitrogen and oxygen atoms in total. The number of carbonyl (C=O) groups excluding carboxylic acids is 1. The summed E-state index contributed by atoms with van der Waals surface area (Å²) in [5.74, 6) is -0.0384. The number of nitrogens with one attached hydrogen (secondary N) is 1. The number of aromatic amines is 1. The zero-order chi connectivity index (χ0) is 22.5. The number of nitrogens with zero attached hydrogens (tertiary/aromatic N) is 2. The van der Waals surface area contributed by atoms with Crippen molar-refractivity contribution in [3.63, 3.8) is 0 Å². The van der Waals surface area contributed by atoms with E-state index in [2.05, 4.69) is 9.88 Å². The summed E-state index contributed by atoms with van der Waals surface area (Å²) in [7, 11) is 0. The average molecular weight is 442 g/mol. The lowest BCUT2D eigenvalue weighted by atomic mass is 9.95. The van der Waals surface area contributed by atoms with Gasteiger partial charge in [-0.25, -0.2) is 4.39 Å². The number of rotatable bonds is 7.